The monoisotopic (exact) mass is 183 g/mol. The first kappa shape index (κ1) is 9.24. The SMILES string of the molecule is Nc1ncc(CCC(=O)O)c(=O)[nH]1. The minimum Gasteiger partial charge on any atom is -0.481 e. The van der Waals surface area contributed by atoms with Crippen molar-refractivity contribution in [1.82, 2.24) is 9.97 Å². The predicted octanol–water partition coefficient (Wildman–Crippen LogP) is -0.631. The van der Waals surface area contributed by atoms with Crippen LogP contribution in [0.25, 0.3) is 0 Å². The first-order chi connectivity index (χ1) is 6.09. The first-order valence-corrected chi connectivity index (χ1v) is 3.65. The topological polar surface area (TPSA) is 109 Å². The van der Waals surface area contributed by atoms with E-state index in [0.717, 1.165) is 0 Å². The van der Waals surface area contributed by atoms with E-state index in [2.05, 4.69) is 9.97 Å². The van der Waals surface area contributed by atoms with Gasteiger partial charge in [0.2, 0.25) is 0 Å². The Labute approximate surface area is 73.4 Å². The van der Waals surface area contributed by atoms with Gasteiger partial charge < -0.3 is 10.8 Å². The Morgan fingerprint density at radius 2 is 2.38 bits per heavy atom. The lowest BCUT2D eigenvalue weighted by Gasteiger charge is -1.96. The lowest BCUT2D eigenvalue weighted by atomic mass is 10.2. The molecule has 0 aliphatic heterocycles. The molecule has 0 unspecified atom stereocenters. The van der Waals surface area contributed by atoms with E-state index in [4.69, 9.17) is 10.8 Å². The summed E-state index contributed by atoms with van der Waals surface area (Å²) < 4.78 is 0. The van der Waals surface area contributed by atoms with Crippen molar-refractivity contribution in [2.45, 2.75) is 12.8 Å². The van der Waals surface area contributed by atoms with Gasteiger partial charge in [-0.2, -0.15) is 0 Å². The number of nitrogens with zero attached hydrogens (tertiary/aromatic N) is 1. The van der Waals surface area contributed by atoms with Crippen LogP contribution in [-0.2, 0) is 11.2 Å². The number of nitrogen functional groups attached to an aromatic ring is 1. The number of rotatable bonds is 3. The third-order valence-corrected chi connectivity index (χ3v) is 1.50. The van der Waals surface area contributed by atoms with Crippen LogP contribution in [0.2, 0.25) is 0 Å². The van der Waals surface area contributed by atoms with Crippen molar-refractivity contribution in [3.8, 4) is 0 Å². The van der Waals surface area contributed by atoms with E-state index in [1.807, 2.05) is 0 Å². The molecule has 0 bridgehead atoms. The van der Waals surface area contributed by atoms with Crippen LogP contribution in [0.5, 0.6) is 0 Å². The second kappa shape index (κ2) is 3.70. The summed E-state index contributed by atoms with van der Waals surface area (Å²) in [5, 5.41) is 8.36. The molecule has 1 heterocycles. The van der Waals surface area contributed by atoms with Gasteiger partial charge in [-0.25, -0.2) is 4.98 Å². The highest BCUT2D eigenvalue weighted by atomic mass is 16.4. The summed E-state index contributed by atoms with van der Waals surface area (Å²) >= 11 is 0. The van der Waals surface area contributed by atoms with E-state index in [0.29, 0.717) is 5.56 Å². The Hall–Kier alpha value is -1.85. The molecule has 0 aliphatic rings. The number of carboxylic acid groups (broad SMARTS) is 1. The van der Waals surface area contributed by atoms with Crippen molar-refractivity contribution in [3.63, 3.8) is 0 Å². The summed E-state index contributed by atoms with van der Waals surface area (Å²) in [5.74, 6) is -0.916. The summed E-state index contributed by atoms with van der Waals surface area (Å²) in [4.78, 5) is 27.2. The molecule has 6 nitrogen and oxygen atoms in total. The second-order valence-corrected chi connectivity index (χ2v) is 2.52. The summed E-state index contributed by atoms with van der Waals surface area (Å²) in [6, 6.07) is 0. The minimum atomic E-state index is -0.948. The number of aromatic nitrogens is 2. The Morgan fingerprint density at radius 1 is 1.69 bits per heavy atom. The molecule has 0 amide bonds. The van der Waals surface area contributed by atoms with Crippen molar-refractivity contribution in [2.75, 3.05) is 5.73 Å². The van der Waals surface area contributed by atoms with Crippen LogP contribution >= 0.6 is 0 Å². The van der Waals surface area contributed by atoms with Gasteiger partial charge in [0.05, 0.1) is 0 Å². The highest BCUT2D eigenvalue weighted by molar-refractivity contribution is 5.67. The smallest absolute Gasteiger partial charge is 0.303 e. The molecular formula is C7H9N3O3. The highest BCUT2D eigenvalue weighted by Crippen LogP contribution is 1.95. The van der Waals surface area contributed by atoms with E-state index < -0.39 is 5.97 Å². The van der Waals surface area contributed by atoms with Gasteiger partial charge in [-0.3, -0.25) is 14.6 Å². The molecule has 0 fully saturated rings. The number of nitrogens with two attached hydrogens (primary N) is 1. The number of aromatic amines is 1. The molecule has 1 aromatic heterocycles. The Kier molecular flexibility index (Phi) is 2.63. The average molecular weight is 183 g/mol. The predicted molar refractivity (Wildman–Crippen MR) is 45.2 cm³/mol. The van der Waals surface area contributed by atoms with Gasteiger partial charge in [0.1, 0.15) is 0 Å². The zero-order valence-corrected chi connectivity index (χ0v) is 6.78. The maximum absolute atomic E-state index is 11.1. The number of anilines is 1. The number of aryl methyl sites for hydroxylation is 1. The largest absolute Gasteiger partial charge is 0.481 e. The van der Waals surface area contributed by atoms with Crippen molar-refractivity contribution < 1.29 is 9.90 Å². The zero-order valence-electron chi connectivity index (χ0n) is 6.78. The summed E-state index contributed by atoms with van der Waals surface area (Å²) in [6.45, 7) is 0. The number of hydrogen-bond acceptors (Lipinski definition) is 4. The Bertz CT molecular complexity index is 371. The van der Waals surface area contributed by atoms with Crippen LogP contribution in [0.4, 0.5) is 5.95 Å². The number of nitrogens with one attached hydrogen (secondary N) is 1. The highest BCUT2D eigenvalue weighted by Gasteiger charge is 2.03. The van der Waals surface area contributed by atoms with Crippen LogP contribution < -0.4 is 11.3 Å². The van der Waals surface area contributed by atoms with Gasteiger partial charge in [0.25, 0.3) is 5.56 Å². The van der Waals surface area contributed by atoms with Crippen molar-refractivity contribution in [2.24, 2.45) is 0 Å². The molecule has 1 aromatic rings. The molecule has 0 aliphatic carbocycles. The Morgan fingerprint density at radius 3 is 2.92 bits per heavy atom. The van der Waals surface area contributed by atoms with Gasteiger partial charge in [-0.15, -0.1) is 0 Å². The molecule has 0 aromatic carbocycles. The maximum atomic E-state index is 11.1. The number of aliphatic carboxylic acids is 1. The number of carboxylic acids is 1. The third-order valence-electron chi connectivity index (χ3n) is 1.50. The van der Waals surface area contributed by atoms with E-state index in [1.54, 1.807) is 0 Å². The average Bonchev–Trinajstić information content (AvgIpc) is 2.02. The molecule has 0 saturated carbocycles. The van der Waals surface area contributed by atoms with Crippen molar-refractivity contribution in [3.05, 3.63) is 22.1 Å². The minimum absolute atomic E-state index is 0.0316. The van der Waals surface area contributed by atoms with Gasteiger partial charge in [0, 0.05) is 18.2 Å². The summed E-state index contributed by atoms with van der Waals surface area (Å²) in [5.41, 5.74) is 5.15. The number of hydrogen-bond donors (Lipinski definition) is 3. The lowest BCUT2D eigenvalue weighted by molar-refractivity contribution is -0.136. The maximum Gasteiger partial charge on any atom is 0.303 e. The van der Waals surface area contributed by atoms with Crippen LogP contribution in [0.3, 0.4) is 0 Å². The van der Waals surface area contributed by atoms with Crippen molar-refractivity contribution >= 4 is 11.9 Å². The van der Waals surface area contributed by atoms with E-state index in [1.165, 1.54) is 6.20 Å². The Balaban J connectivity index is 2.78. The fraction of sp³-hybridized carbons (Fsp3) is 0.286. The fourth-order valence-electron chi connectivity index (χ4n) is 0.855. The molecule has 0 radical (unpaired) electrons. The van der Waals surface area contributed by atoms with Crippen LogP contribution in [0.1, 0.15) is 12.0 Å². The fourth-order valence-corrected chi connectivity index (χ4v) is 0.855. The lowest BCUT2D eigenvalue weighted by Crippen LogP contribution is -2.16. The quantitative estimate of drug-likeness (QED) is 0.578. The third kappa shape index (κ3) is 2.58. The van der Waals surface area contributed by atoms with Gasteiger partial charge in [-0.05, 0) is 6.42 Å². The summed E-state index contributed by atoms with van der Waals surface area (Å²) in [6.07, 6.45) is 1.36. The molecule has 4 N–H and O–H groups in total. The van der Waals surface area contributed by atoms with Gasteiger partial charge in [-0.1, -0.05) is 0 Å². The van der Waals surface area contributed by atoms with Gasteiger partial charge in [0.15, 0.2) is 5.95 Å². The van der Waals surface area contributed by atoms with E-state index in [-0.39, 0.29) is 24.3 Å². The van der Waals surface area contributed by atoms with Crippen LogP contribution in [0.15, 0.2) is 11.0 Å². The molecule has 0 saturated heterocycles. The second-order valence-electron chi connectivity index (χ2n) is 2.52. The zero-order chi connectivity index (χ0) is 9.84. The first-order valence-electron chi connectivity index (χ1n) is 3.65. The molecular weight excluding hydrogens is 174 g/mol. The molecule has 13 heavy (non-hydrogen) atoms. The molecule has 0 atom stereocenters. The summed E-state index contributed by atoms with van der Waals surface area (Å²) in [7, 11) is 0. The number of H-pyrrole nitrogens is 1. The van der Waals surface area contributed by atoms with Gasteiger partial charge >= 0.3 is 5.97 Å². The molecule has 1 rings (SSSR count). The molecule has 70 valence electrons. The molecule has 0 spiro atoms. The van der Waals surface area contributed by atoms with E-state index >= 15 is 0 Å². The number of carbonyl (C=O) groups is 1. The van der Waals surface area contributed by atoms with E-state index in [9.17, 15) is 9.59 Å². The standard InChI is InChI=1S/C7H9N3O3/c8-7-9-3-4(6(13)10-7)1-2-5(11)12/h3H,1-2H2,(H,11,12)(H3,8,9,10,13). The normalized spacial score (nSPS) is 9.85. The van der Waals surface area contributed by atoms with Crippen LogP contribution in [-0.4, -0.2) is 21.0 Å². The molecule has 6 heteroatoms. The van der Waals surface area contributed by atoms with Crippen LogP contribution in [0, 0.1) is 0 Å². The van der Waals surface area contributed by atoms with Crippen molar-refractivity contribution in [1.29, 1.82) is 0 Å².